The van der Waals surface area contributed by atoms with Gasteiger partial charge in [0.05, 0.1) is 0 Å². The van der Waals surface area contributed by atoms with Crippen LogP contribution in [0.3, 0.4) is 0 Å². The van der Waals surface area contributed by atoms with E-state index in [9.17, 15) is 4.79 Å². The van der Waals surface area contributed by atoms with Crippen LogP contribution in [0.4, 0.5) is 0 Å². The fourth-order valence-corrected chi connectivity index (χ4v) is 3.37. The third kappa shape index (κ3) is 2.87. The number of hydrogen-bond acceptors (Lipinski definition) is 4. The summed E-state index contributed by atoms with van der Waals surface area (Å²) in [5.74, 6) is 2.30. The van der Waals surface area contributed by atoms with Crippen LogP contribution in [0.5, 0.6) is 0 Å². The topological polar surface area (TPSA) is 59.2 Å². The van der Waals surface area contributed by atoms with Crippen LogP contribution < -0.4 is 0 Å². The largest absolute Gasteiger partial charge is 0.342 e. The van der Waals surface area contributed by atoms with Gasteiger partial charge in [-0.25, -0.2) is 0 Å². The van der Waals surface area contributed by atoms with Gasteiger partial charge in [0.1, 0.15) is 0 Å². The minimum absolute atomic E-state index is 0.293. The fourth-order valence-electron chi connectivity index (χ4n) is 3.37. The average molecular weight is 311 g/mol. The minimum atomic E-state index is 0.293. The van der Waals surface area contributed by atoms with Crippen molar-refractivity contribution in [1.82, 2.24) is 15.0 Å². The summed E-state index contributed by atoms with van der Waals surface area (Å²) >= 11 is 0. The molecular formula is C18H21N3O2. The molecule has 2 fully saturated rings. The molecule has 1 aliphatic carbocycles. The van der Waals surface area contributed by atoms with E-state index in [2.05, 4.69) is 10.1 Å². The van der Waals surface area contributed by atoms with Crippen LogP contribution in [0.2, 0.25) is 0 Å². The van der Waals surface area contributed by atoms with Gasteiger partial charge in [-0.05, 0) is 37.8 Å². The molecular weight excluding hydrogens is 290 g/mol. The maximum atomic E-state index is 12.3. The number of nitrogens with zero attached hydrogens (tertiary/aromatic N) is 3. The van der Waals surface area contributed by atoms with Crippen LogP contribution in [-0.4, -0.2) is 34.0 Å². The summed E-state index contributed by atoms with van der Waals surface area (Å²) in [4.78, 5) is 18.9. The second-order valence-corrected chi connectivity index (χ2v) is 6.55. The molecule has 1 amide bonds. The lowest BCUT2D eigenvalue weighted by Gasteiger charge is -2.35. The van der Waals surface area contributed by atoms with E-state index >= 15 is 0 Å². The first-order valence-electron chi connectivity index (χ1n) is 8.49. The Morgan fingerprint density at radius 3 is 2.48 bits per heavy atom. The summed E-state index contributed by atoms with van der Waals surface area (Å²) < 4.78 is 5.40. The second kappa shape index (κ2) is 6.14. The zero-order chi connectivity index (χ0) is 15.6. The molecule has 0 spiro atoms. The number of hydrogen-bond donors (Lipinski definition) is 0. The van der Waals surface area contributed by atoms with Crippen molar-refractivity contribution in [3.63, 3.8) is 0 Å². The molecule has 1 aromatic carbocycles. The lowest BCUT2D eigenvalue weighted by atomic mass is 9.83. The quantitative estimate of drug-likeness (QED) is 0.873. The third-order valence-corrected chi connectivity index (χ3v) is 5.09. The van der Waals surface area contributed by atoms with E-state index in [4.69, 9.17) is 4.52 Å². The highest BCUT2D eigenvalue weighted by Crippen LogP contribution is 2.32. The molecule has 23 heavy (non-hydrogen) atoms. The molecule has 4 rings (SSSR count). The molecule has 1 aromatic heterocycles. The predicted molar refractivity (Wildman–Crippen MR) is 85.6 cm³/mol. The van der Waals surface area contributed by atoms with Crippen molar-refractivity contribution in [3.05, 3.63) is 36.2 Å². The van der Waals surface area contributed by atoms with E-state index in [0.717, 1.165) is 50.2 Å². The summed E-state index contributed by atoms with van der Waals surface area (Å²) in [5.41, 5.74) is 0.948. The molecule has 5 heteroatoms. The van der Waals surface area contributed by atoms with Gasteiger partial charge in [0, 0.05) is 30.5 Å². The maximum Gasteiger partial charge on any atom is 0.257 e. The number of carbonyl (C=O) groups excluding carboxylic acids is 1. The highest BCUT2D eigenvalue weighted by Gasteiger charge is 2.33. The van der Waals surface area contributed by atoms with Crippen LogP contribution in [-0.2, 0) is 4.79 Å². The molecule has 1 aliphatic heterocycles. The Morgan fingerprint density at radius 1 is 1.09 bits per heavy atom. The van der Waals surface area contributed by atoms with Crippen molar-refractivity contribution in [1.29, 1.82) is 0 Å². The normalized spacial score (nSPS) is 19.6. The SMILES string of the molecule is O=C(C1CCC1)N1CCC(c2noc(-c3ccccc3)n2)CC1. The molecule has 0 atom stereocenters. The molecule has 0 radical (unpaired) electrons. The Labute approximate surface area is 135 Å². The van der Waals surface area contributed by atoms with Crippen molar-refractivity contribution in [2.45, 2.75) is 38.0 Å². The van der Waals surface area contributed by atoms with E-state index in [0.29, 0.717) is 23.6 Å². The summed E-state index contributed by atoms with van der Waals surface area (Å²) in [6.07, 6.45) is 5.20. The van der Waals surface area contributed by atoms with Crippen molar-refractivity contribution < 1.29 is 9.32 Å². The lowest BCUT2D eigenvalue weighted by Crippen LogP contribution is -2.43. The summed E-state index contributed by atoms with van der Waals surface area (Å²) in [6.45, 7) is 1.63. The van der Waals surface area contributed by atoms with Crippen LogP contribution in [0.1, 0.15) is 43.8 Å². The molecule has 2 aliphatic rings. The van der Waals surface area contributed by atoms with E-state index in [-0.39, 0.29) is 0 Å². The number of aromatic nitrogens is 2. The van der Waals surface area contributed by atoms with Crippen molar-refractivity contribution in [3.8, 4) is 11.5 Å². The van der Waals surface area contributed by atoms with Gasteiger partial charge in [-0.2, -0.15) is 4.98 Å². The minimum Gasteiger partial charge on any atom is -0.342 e. The number of piperidine rings is 1. The Hall–Kier alpha value is -2.17. The van der Waals surface area contributed by atoms with Crippen LogP contribution in [0.15, 0.2) is 34.9 Å². The van der Waals surface area contributed by atoms with Gasteiger partial charge in [-0.15, -0.1) is 0 Å². The van der Waals surface area contributed by atoms with E-state index < -0.39 is 0 Å². The summed E-state index contributed by atoms with van der Waals surface area (Å²) in [5, 5.41) is 4.16. The maximum absolute atomic E-state index is 12.3. The standard InChI is InChI=1S/C18H21N3O2/c22-18(15-7-4-8-15)21-11-9-13(10-12-21)16-19-17(23-20-16)14-5-2-1-3-6-14/h1-3,5-6,13,15H,4,7-12H2. The molecule has 2 aromatic rings. The predicted octanol–water partition coefficient (Wildman–Crippen LogP) is 3.24. The van der Waals surface area contributed by atoms with Gasteiger partial charge in [-0.3, -0.25) is 4.79 Å². The number of amides is 1. The van der Waals surface area contributed by atoms with E-state index in [1.165, 1.54) is 6.42 Å². The first-order chi connectivity index (χ1) is 11.3. The first kappa shape index (κ1) is 14.4. The van der Waals surface area contributed by atoms with Crippen LogP contribution >= 0.6 is 0 Å². The van der Waals surface area contributed by atoms with E-state index in [1.54, 1.807) is 0 Å². The zero-order valence-electron chi connectivity index (χ0n) is 13.1. The molecule has 5 nitrogen and oxygen atoms in total. The van der Waals surface area contributed by atoms with Crippen molar-refractivity contribution in [2.24, 2.45) is 5.92 Å². The van der Waals surface area contributed by atoms with Gasteiger partial charge in [0.15, 0.2) is 5.82 Å². The molecule has 1 saturated carbocycles. The average Bonchev–Trinajstić information content (AvgIpc) is 3.04. The van der Waals surface area contributed by atoms with Crippen LogP contribution in [0.25, 0.3) is 11.5 Å². The first-order valence-corrected chi connectivity index (χ1v) is 8.49. The zero-order valence-corrected chi connectivity index (χ0v) is 13.1. The van der Waals surface area contributed by atoms with Gasteiger partial charge in [-0.1, -0.05) is 29.8 Å². The second-order valence-electron chi connectivity index (χ2n) is 6.55. The van der Waals surface area contributed by atoms with Crippen molar-refractivity contribution >= 4 is 5.91 Å². The Kier molecular flexibility index (Phi) is 3.85. The molecule has 0 unspecified atom stereocenters. The van der Waals surface area contributed by atoms with Gasteiger partial charge in [0.25, 0.3) is 5.89 Å². The lowest BCUT2D eigenvalue weighted by molar-refractivity contribution is -0.139. The summed E-state index contributed by atoms with van der Waals surface area (Å²) in [7, 11) is 0. The fraction of sp³-hybridized carbons (Fsp3) is 0.500. The molecule has 2 heterocycles. The number of rotatable bonds is 3. The van der Waals surface area contributed by atoms with Crippen LogP contribution in [0, 0.1) is 5.92 Å². The number of likely N-dealkylation sites (tertiary alicyclic amines) is 1. The Balaban J connectivity index is 1.39. The Bertz CT molecular complexity index is 671. The number of carbonyl (C=O) groups is 1. The van der Waals surface area contributed by atoms with Crippen molar-refractivity contribution in [2.75, 3.05) is 13.1 Å². The smallest absolute Gasteiger partial charge is 0.257 e. The molecule has 1 saturated heterocycles. The Morgan fingerprint density at radius 2 is 1.83 bits per heavy atom. The van der Waals surface area contributed by atoms with Gasteiger partial charge >= 0.3 is 0 Å². The molecule has 0 N–H and O–H groups in total. The van der Waals surface area contributed by atoms with Gasteiger partial charge < -0.3 is 9.42 Å². The molecule has 0 bridgehead atoms. The molecule has 120 valence electrons. The highest BCUT2D eigenvalue weighted by molar-refractivity contribution is 5.79. The highest BCUT2D eigenvalue weighted by atomic mass is 16.5. The number of benzene rings is 1. The monoisotopic (exact) mass is 311 g/mol. The van der Waals surface area contributed by atoms with E-state index in [1.807, 2.05) is 35.2 Å². The van der Waals surface area contributed by atoms with Gasteiger partial charge in [0.2, 0.25) is 5.91 Å². The summed E-state index contributed by atoms with van der Waals surface area (Å²) in [6, 6.07) is 9.83. The third-order valence-electron chi connectivity index (χ3n) is 5.09.